The van der Waals surface area contributed by atoms with Gasteiger partial charge in [-0.2, -0.15) is 0 Å². The fraction of sp³-hybridized carbons (Fsp3) is 0.188. The van der Waals surface area contributed by atoms with E-state index in [4.69, 9.17) is 0 Å². The number of benzene rings is 2. The summed E-state index contributed by atoms with van der Waals surface area (Å²) in [5.41, 5.74) is 2.85. The van der Waals surface area contributed by atoms with Crippen molar-refractivity contribution in [2.24, 2.45) is 0 Å². The molecule has 2 rings (SSSR count). The van der Waals surface area contributed by atoms with Gasteiger partial charge in [0.25, 0.3) is 0 Å². The Hall–Kier alpha value is -1.81. The third-order valence-corrected chi connectivity index (χ3v) is 4.05. The van der Waals surface area contributed by atoms with Crippen molar-refractivity contribution in [3.8, 4) is 0 Å². The summed E-state index contributed by atoms with van der Waals surface area (Å²) in [4.78, 5) is 12.1. The molecule has 0 radical (unpaired) electrons. The van der Waals surface area contributed by atoms with E-state index in [0.717, 1.165) is 21.4 Å². The first-order chi connectivity index (χ1) is 9.58. The van der Waals surface area contributed by atoms with E-state index < -0.39 is 0 Å². The van der Waals surface area contributed by atoms with Crippen LogP contribution in [0.2, 0.25) is 0 Å². The van der Waals surface area contributed by atoms with Crippen molar-refractivity contribution in [2.45, 2.75) is 19.9 Å². The summed E-state index contributed by atoms with van der Waals surface area (Å²) in [5.74, 6) is -0.0652. The molecule has 4 heteroatoms. The zero-order valence-electron chi connectivity index (χ0n) is 11.5. The molecule has 2 aromatic carbocycles. The fourth-order valence-electron chi connectivity index (χ4n) is 1.83. The lowest BCUT2D eigenvalue weighted by Gasteiger charge is -2.17. The van der Waals surface area contributed by atoms with Crippen LogP contribution in [0.15, 0.2) is 53.0 Å². The lowest BCUT2D eigenvalue weighted by Crippen LogP contribution is -2.32. The van der Waals surface area contributed by atoms with Gasteiger partial charge in [-0.1, -0.05) is 30.3 Å². The molecule has 0 bridgehead atoms. The van der Waals surface area contributed by atoms with Gasteiger partial charge < -0.3 is 10.6 Å². The fourth-order valence-corrected chi connectivity index (χ4v) is 2.21. The molecule has 1 amide bonds. The van der Waals surface area contributed by atoms with Crippen molar-refractivity contribution in [1.29, 1.82) is 0 Å². The van der Waals surface area contributed by atoms with Gasteiger partial charge >= 0.3 is 0 Å². The molecule has 20 heavy (non-hydrogen) atoms. The quantitative estimate of drug-likeness (QED) is 0.881. The van der Waals surface area contributed by atoms with Crippen molar-refractivity contribution in [2.75, 3.05) is 10.6 Å². The van der Waals surface area contributed by atoms with Crippen LogP contribution < -0.4 is 10.6 Å². The molecule has 0 spiro atoms. The molecular formula is C16H17BrN2O. The Balaban J connectivity index is 2.03. The van der Waals surface area contributed by atoms with Gasteiger partial charge in [-0.05, 0) is 53.5 Å². The highest BCUT2D eigenvalue weighted by Crippen LogP contribution is 2.26. The summed E-state index contributed by atoms with van der Waals surface area (Å²) in [6.07, 6.45) is 0. The number of rotatable bonds is 4. The van der Waals surface area contributed by atoms with Crippen molar-refractivity contribution in [3.63, 3.8) is 0 Å². The topological polar surface area (TPSA) is 41.1 Å². The second-order valence-electron chi connectivity index (χ2n) is 4.66. The molecule has 2 aromatic rings. The number of anilines is 2. The van der Waals surface area contributed by atoms with E-state index in [0.29, 0.717) is 0 Å². The Morgan fingerprint density at radius 2 is 1.80 bits per heavy atom. The van der Waals surface area contributed by atoms with Gasteiger partial charge in [-0.3, -0.25) is 4.79 Å². The minimum absolute atomic E-state index is 0.0652. The van der Waals surface area contributed by atoms with E-state index in [1.54, 1.807) is 0 Å². The standard InChI is InChI=1S/C16H17BrN2O/c1-11-7-6-10-14(15(11)17)18-12(2)16(20)19-13-8-4-3-5-9-13/h3-10,12,18H,1-2H3,(H,19,20). The smallest absolute Gasteiger partial charge is 0.246 e. The number of aryl methyl sites for hydroxylation is 1. The van der Waals surface area contributed by atoms with E-state index in [-0.39, 0.29) is 11.9 Å². The normalized spacial score (nSPS) is 11.8. The van der Waals surface area contributed by atoms with Gasteiger partial charge in [0.15, 0.2) is 0 Å². The SMILES string of the molecule is Cc1cccc(NC(C)C(=O)Nc2ccccc2)c1Br. The van der Waals surface area contributed by atoms with Crippen LogP contribution in [0.4, 0.5) is 11.4 Å². The van der Waals surface area contributed by atoms with Crippen LogP contribution in [0.3, 0.4) is 0 Å². The molecule has 2 N–H and O–H groups in total. The first-order valence-corrected chi connectivity index (χ1v) is 7.25. The molecule has 0 aliphatic rings. The summed E-state index contributed by atoms with van der Waals surface area (Å²) in [5, 5.41) is 6.09. The summed E-state index contributed by atoms with van der Waals surface area (Å²) in [6, 6.07) is 15.0. The second kappa shape index (κ2) is 6.57. The van der Waals surface area contributed by atoms with Crippen molar-refractivity contribution in [1.82, 2.24) is 0 Å². The number of para-hydroxylation sites is 1. The molecular weight excluding hydrogens is 316 g/mol. The maximum Gasteiger partial charge on any atom is 0.246 e. The van der Waals surface area contributed by atoms with Gasteiger partial charge in [0.05, 0.1) is 0 Å². The lowest BCUT2D eigenvalue weighted by atomic mass is 10.2. The number of hydrogen-bond donors (Lipinski definition) is 2. The van der Waals surface area contributed by atoms with Crippen LogP contribution in [0.1, 0.15) is 12.5 Å². The van der Waals surface area contributed by atoms with Crippen molar-refractivity contribution in [3.05, 3.63) is 58.6 Å². The van der Waals surface area contributed by atoms with E-state index in [2.05, 4.69) is 26.6 Å². The third-order valence-electron chi connectivity index (χ3n) is 3.00. The monoisotopic (exact) mass is 332 g/mol. The van der Waals surface area contributed by atoms with E-state index >= 15 is 0 Å². The molecule has 1 atom stereocenters. The summed E-state index contributed by atoms with van der Waals surface area (Å²) in [6.45, 7) is 3.86. The van der Waals surface area contributed by atoms with E-state index in [1.165, 1.54) is 0 Å². The van der Waals surface area contributed by atoms with Gasteiger partial charge in [-0.15, -0.1) is 0 Å². The van der Waals surface area contributed by atoms with Crippen LogP contribution in [-0.2, 0) is 4.79 Å². The first-order valence-electron chi connectivity index (χ1n) is 6.45. The summed E-state index contributed by atoms with van der Waals surface area (Å²) >= 11 is 3.53. The zero-order chi connectivity index (χ0) is 14.5. The van der Waals surface area contributed by atoms with Crippen LogP contribution in [0.25, 0.3) is 0 Å². The van der Waals surface area contributed by atoms with Crippen molar-refractivity contribution >= 4 is 33.2 Å². The maximum absolute atomic E-state index is 12.1. The highest BCUT2D eigenvalue weighted by atomic mass is 79.9. The summed E-state index contributed by atoms with van der Waals surface area (Å²) in [7, 11) is 0. The molecule has 0 saturated carbocycles. The van der Waals surface area contributed by atoms with Crippen molar-refractivity contribution < 1.29 is 4.79 Å². The Morgan fingerprint density at radius 3 is 2.50 bits per heavy atom. The number of halogens is 1. The van der Waals surface area contributed by atoms with Gasteiger partial charge in [0.1, 0.15) is 6.04 Å². The highest BCUT2D eigenvalue weighted by Gasteiger charge is 2.14. The Morgan fingerprint density at radius 1 is 1.10 bits per heavy atom. The van der Waals surface area contributed by atoms with Gasteiger partial charge in [-0.25, -0.2) is 0 Å². The third kappa shape index (κ3) is 3.61. The van der Waals surface area contributed by atoms with E-state index in [1.807, 2.05) is 62.4 Å². The Kier molecular flexibility index (Phi) is 4.79. The second-order valence-corrected chi connectivity index (χ2v) is 5.45. The van der Waals surface area contributed by atoms with Crippen LogP contribution in [0, 0.1) is 6.92 Å². The number of carbonyl (C=O) groups is 1. The molecule has 0 aromatic heterocycles. The van der Waals surface area contributed by atoms with E-state index in [9.17, 15) is 4.79 Å². The maximum atomic E-state index is 12.1. The van der Waals surface area contributed by atoms with Crippen LogP contribution >= 0.6 is 15.9 Å². The number of hydrogen-bond acceptors (Lipinski definition) is 2. The minimum Gasteiger partial charge on any atom is -0.373 e. The van der Waals surface area contributed by atoms with Gasteiger partial charge in [0.2, 0.25) is 5.91 Å². The predicted molar refractivity (Wildman–Crippen MR) is 87.0 cm³/mol. The molecule has 104 valence electrons. The average Bonchev–Trinajstić information content (AvgIpc) is 2.45. The average molecular weight is 333 g/mol. The highest BCUT2D eigenvalue weighted by molar-refractivity contribution is 9.10. The minimum atomic E-state index is -0.326. The number of nitrogens with one attached hydrogen (secondary N) is 2. The van der Waals surface area contributed by atoms with Gasteiger partial charge in [0, 0.05) is 15.8 Å². The lowest BCUT2D eigenvalue weighted by molar-refractivity contribution is -0.116. The molecule has 3 nitrogen and oxygen atoms in total. The first kappa shape index (κ1) is 14.6. The molecule has 0 aliphatic heterocycles. The Labute approximate surface area is 127 Å². The molecule has 1 unspecified atom stereocenters. The Bertz CT molecular complexity index is 599. The largest absolute Gasteiger partial charge is 0.373 e. The molecule has 0 saturated heterocycles. The van der Waals surface area contributed by atoms with Crippen LogP contribution in [0.5, 0.6) is 0 Å². The molecule has 0 fully saturated rings. The zero-order valence-corrected chi connectivity index (χ0v) is 13.1. The molecule has 0 heterocycles. The van der Waals surface area contributed by atoms with Crippen LogP contribution in [-0.4, -0.2) is 11.9 Å². The number of amides is 1. The number of carbonyl (C=O) groups excluding carboxylic acids is 1. The summed E-state index contributed by atoms with van der Waals surface area (Å²) < 4.78 is 0.986. The predicted octanol–water partition coefficient (Wildman–Crippen LogP) is 4.20. The molecule has 0 aliphatic carbocycles.